The molecule has 2 heterocycles. The van der Waals surface area contributed by atoms with Crippen LogP contribution in [-0.2, 0) is 6.42 Å². The Hall–Kier alpha value is -3.58. The van der Waals surface area contributed by atoms with E-state index in [1.807, 2.05) is 32.9 Å². The molecule has 1 atom stereocenters. The van der Waals surface area contributed by atoms with Gasteiger partial charge in [-0.1, -0.05) is 11.6 Å². The van der Waals surface area contributed by atoms with Crippen LogP contribution < -0.4 is 20.4 Å². The Bertz CT molecular complexity index is 1370. The number of ether oxygens (including phenoxy) is 2. The molecule has 1 unspecified atom stereocenters. The van der Waals surface area contributed by atoms with Crippen LogP contribution in [0.1, 0.15) is 48.2 Å². The number of hydrogen-bond donors (Lipinski definition) is 1. The molecular formula is C30H36N2O5. The zero-order chi connectivity index (χ0) is 26.5. The molecular weight excluding hydrogens is 468 g/mol. The molecule has 1 aliphatic heterocycles. The normalized spacial score (nSPS) is 15.9. The van der Waals surface area contributed by atoms with Gasteiger partial charge in [0, 0.05) is 29.0 Å². The van der Waals surface area contributed by atoms with Gasteiger partial charge >= 0.3 is 5.63 Å². The summed E-state index contributed by atoms with van der Waals surface area (Å²) in [5.74, 6) is 1.52. The van der Waals surface area contributed by atoms with Crippen LogP contribution in [-0.4, -0.2) is 44.7 Å². The van der Waals surface area contributed by atoms with Crippen molar-refractivity contribution in [2.45, 2.75) is 40.0 Å². The molecule has 1 fully saturated rings. The molecule has 2 aromatic carbocycles. The third-order valence-corrected chi connectivity index (χ3v) is 6.82. The number of carbonyl (C=O) groups excluding carboxylic acids is 1. The molecule has 1 N–H and O–H groups in total. The molecule has 0 bridgehead atoms. The Kier molecular flexibility index (Phi) is 8.34. The van der Waals surface area contributed by atoms with Crippen molar-refractivity contribution in [1.82, 2.24) is 4.90 Å². The fourth-order valence-electron chi connectivity index (χ4n) is 4.75. The van der Waals surface area contributed by atoms with E-state index < -0.39 is 5.63 Å². The van der Waals surface area contributed by atoms with Crippen molar-refractivity contribution in [3.8, 4) is 11.5 Å². The molecule has 3 aromatic rings. The summed E-state index contributed by atoms with van der Waals surface area (Å²) in [6, 6.07) is 10.6. The van der Waals surface area contributed by atoms with Crippen molar-refractivity contribution < 1.29 is 18.7 Å². The number of benzene rings is 2. The fourth-order valence-corrected chi connectivity index (χ4v) is 4.75. The van der Waals surface area contributed by atoms with Crippen molar-refractivity contribution in [2.75, 3.05) is 39.2 Å². The van der Waals surface area contributed by atoms with E-state index in [-0.39, 0.29) is 11.6 Å². The van der Waals surface area contributed by atoms with E-state index in [0.717, 1.165) is 36.0 Å². The van der Waals surface area contributed by atoms with Gasteiger partial charge < -0.3 is 24.1 Å². The molecule has 196 valence electrons. The molecule has 4 rings (SSSR count). The van der Waals surface area contributed by atoms with Crippen LogP contribution in [0.4, 0.5) is 5.69 Å². The summed E-state index contributed by atoms with van der Waals surface area (Å²) in [5, 5.41) is 3.44. The number of amides is 1. The molecule has 1 aliphatic rings. The van der Waals surface area contributed by atoms with Crippen LogP contribution in [0.5, 0.6) is 11.5 Å². The van der Waals surface area contributed by atoms with Crippen molar-refractivity contribution >= 4 is 22.6 Å². The van der Waals surface area contributed by atoms with E-state index in [1.165, 1.54) is 12.0 Å². The zero-order valence-electron chi connectivity index (χ0n) is 22.3. The zero-order valence-corrected chi connectivity index (χ0v) is 22.3. The summed E-state index contributed by atoms with van der Waals surface area (Å²) in [6.45, 7) is 8.72. The highest BCUT2D eigenvalue weighted by molar-refractivity contribution is 6.05. The second-order valence-corrected chi connectivity index (χ2v) is 10.1. The quantitative estimate of drug-likeness (QED) is 0.318. The van der Waals surface area contributed by atoms with Crippen LogP contribution in [0.25, 0.3) is 11.0 Å². The van der Waals surface area contributed by atoms with E-state index in [9.17, 15) is 9.59 Å². The number of carbonyl (C=O) groups is 1. The molecule has 1 amide bonds. The number of aryl methyl sites for hydroxylation is 1. The number of rotatable bonds is 8. The van der Waals surface area contributed by atoms with Crippen molar-refractivity contribution in [1.29, 1.82) is 0 Å². The maximum absolute atomic E-state index is 13.0. The highest BCUT2D eigenvalue weighted by Crippen LogP contribution is 2.29. The van der Waals surface area contributed by atoms with Gasteiger partial charge in [0.05, 0.1) is 13.7 Å². The largest absolute Gasteiger partial charge is 0.496 e. The van der Waals surface area contributed by atoms with Gasteiger partial charge in [0.25, 0.3) is 5.91 Å². The van der Waals surface area contributed by atoms with Crippen LogP contribution >= 0.6 is 0 Å². The molecule has 1 saturated heterocycles. The van der Waals surface area contributed by atoms with Gasteiger partial charge in [0.2, 0.25) is 0 Å². The van der Waals surface area contributed by atoms with Gasteiger partial charge in [-0.3, -0.25) is 4.79 Å². The van der Waals surface area contributed by atoms with E-state index in [4.69, 9.17) is 13.9 Å². The Morgan fingerprint density at radius 1 is 1.19 bits per heavy atom. The summed E-state index contributed by atoms with van der Waals surface area (Å²) in [6.07, 6.45) is 5.05. The topological polar surface area (TPSA) is 81.0 Å². The van der Waals surface area contributed by atoms with Gasteiger partial charge in [-0.2, -0.15) is 0 Å². The fraction of sp³-hybridized carbons (Fsp3) is 0.400. The lowest BCUT2D eigenvalue weighted by atomic mass is 9.99. The molecule has 7 nitrogen and oxygen atoms in total. The van der Waals surface area contributed by atoms with E-state index >= 15 is 0 Å². The Labute approximate surface area is 218 Å². The highest BCUT2D eigenvalue weighted by atomic mass is 16.5. The number of hydrogen-bond acceptors (Lipinski definition) is 6. The Morgan fingerprint density at radius 3 is 2.70 bits per heavy atom. The van der Waals surface area contributed by atoms with Gasteiger partial charge in [-0.15, -0.1) is 0 Å². The summed E-state index contributed by atoms with van der Waals surface area (Å²) >= 11 is 0. The molecule has 0 aliphatic carbocycles. The minimum atomic E-state index is -0.603. The number of methoxy groups -OCH3 is 1. The lowest BCUT2D eigenvalue weighted by Gasteiger charge is -2.29. The molecule has 37 heavy (non-hydrogen) atoms. The first-order chi connectivity index (χ1) is 17.7. The smallest absolute Gasteiger partial charge is 0.360 e. The van der Waals surface area contributed by atoms with E-state index in [2.05, 4.69) is 23.3 Å². The van der Waals surface area contributed by atoms with Gasteiger partial charge in [0.1, 0.15) is 22.8 Å². The minimum Gasteiger partial charge on any atom is -0.496 e. The Balaban J connectivity index is 1.52. The molecule has 7 heteroatoms. The van der Waals surface area contributed by atoms with E-state index in [0.29, 0.717) is 41.6 Å². The maximum Gasteiger partial charge on any atom is 0.360 e. The number of nitrogens with one attached hydrogen (secondary N) is 1. The van der Waals surface area contributed by atoms with Crippen LogP contribution in [0.15, 0.2) is 57.3 Å². The lowest BCUT2D eigenvalue weighted by Crippen LogP contribution is -2.34. The third kappa shape index (κ3) is 6.41. The first kappa shape index (κ1) is 26.5. The first-order valence-corrected chi connectivity index (χ1v) is 12.8. The summed E-state index contributed by atoms with van der Waals surface area (Å²) in [7, 11) is 3.74. The second-order valence-electron chi connectivity index (χ2n) is 10.1. The number of likely N-dealkylation sites (tertiary alicyclic amines) is 1. The number of anilines is 1. The van der Waals surface area contributed by atoms with Crippen LogP contribution in [0.3, 0.4) is 0 Å². The van der Waals surface area contributed by atoms with E-state index in [1.54, 1.807) is 31.4 Å². The first-order valence-electron chi connectivity index (χ1n) is 12.8. The number of piperidine rings is 1. The van der Waals surface area contributed by atoms with Crippen molar-refractivity contribution in [3.05, 3.63) is 75.2 Å². The van der Waals surface area contributed by atoms with Crippen molar-refractivity contribution in [3.63, 3.8) is 0 Å². The average Bonchev–Trinajstić information content (AvgIpc) is 2.88. The van der Waals surface area contributed by atoms with Gasteiger partial charge in [-0.25, -0.2) is 4.79 Å². The molecule has 0 spiro atoms. The lowest BCUT2D eigenvalue weighted by molar-refractivity contribution is 0.102. The maximum atomic E-state index is 13.0. The summed E-state index contributed by atoms with van der Waals surface area (Å²) in [4.78, 5) is 28.1. The monoisotopic (exact) mass is 504 g/mol. The van der Waals surface area contributed by atoms with Gasteiger partial charge in [-0.05, 0) is 95.6 Å². The number of allylic oxidation sites excluding steroid dienone is 2. The summed E-state index contributed by atoms with van der Waals surface area (Å²) in [5.41, 5.74) is 3.24. The van der Waals surface area contributed by atoms with Crippen LogP contribution in [0, 0.1) is 12.8 Å². The minimum absolute atomic E-state index is 0.0949. The number of fused-ring (bicyclic) bond motifs is 1. The third-order valence-electron chi connectivity index (χ3n) is 6.82. The molecule has 0 radical (unpaired) electrons. The molecule has 1 aromatic heterocycles. The van der Waals surface area contributed by atoms with Crippen LogP contribution in [0.2, 0.25) is 0 Å². The predicted octanol–water partition coefficient (Wildman–Crippen LogP) is 5.59. The highest BCUT2D eigenvalue weighted by Gasteiger charge is 2.19. The average molecular weight is 505 g/mol. The predicted molar refractivity (Wildman–Crippen MR) is 147 cm³/mol. The Morgan fingerprint density at radius 2 is 1.97 bits per heavy atom. The number of nitrogens with zero attached hydrogens (tertiary/aromatic N) is 1. The standard InChI is InChI=1S/C30H36N2O5/c1-19(2)8-9-22-15-24(11-13-27(22)35-5)29(33)31-25-16-23-10-12-26(20(3)28(23)37-30(25)34)36-18-21-7-6-14-32(4)17-21/h8,10-13,15-16,21H,6-7,9,14,17-18H2,1-5H3,(H,31,33). The SMILES string of the molecule is COc1ccc(C(=O)Nc2cc3ccc(OCC4CCCN(C)C4)c(C)c3oc2=O)cc1CC=C(C)C. The second kappa shape index (κ2) is 11.6. The van der Waals surface area contributed by atoms with Gasteiger partial charge in [0.15, 0.2) is 0 Å². The summed E-state index contributed by atoms with van der Waals surface area (Å²) < 4.78 is 17.2. The molecule has 0 saturated carbocycles. The van der Waals surface area contributed by atoms with Crippen molar-refractivity contribution in [2.24, 2.45) is 5.92 Å².